The van der Waals surface area contributed by atoms with E-state index in [2.05, 4.69) is 4.98 Å². The molecule has 0 spiro atoms. The maximum Gasteiger partial charge on any atom is 0.420 e. The van der Waals surface area contributed by atoms with E-state index in [0.717, 1.165) is 12.1 Å². The summed E-state index contributed by atoms with van der Waals surface area (Å²) in [7, 11) is 0. The summed E-state index contributed by atoms with van der Waals surface area (Å²) in [6.07, 6.45) is -2.09. The van der Waals surface area contributed by atoms with E-state index < -0.39 is 17.5 Å². The molecule has 0 radical (unpaired) electrons. The summed E-state index contributed by atoms with van der Waals surface area (Å²) in [4.78, 5) is 3.72. The highest BCUT2D eigenvalue weighted by Crippen LogP contribution is 2.39. The largest absolute Gasteiger partial charge is 0.454 e. The first-order valence-corrected chi connectivity index (χ1v) is 5.40. The van der Waals surface area contributed by atoms with Crippen molar-refractivity contribution in [1.82, 2.24) is 4.98 Å². The number of hydrogen-bond acceptors (Lipinski definition) is 4. The Hall–Kier alpha value is -2.75. The van der Waals surface area contributed by atoms with Crippen molar-refractivity contribution in [2.45, 2.75) is 6.18 Å². The van der Waals surface area contributed by atoms with Gasteiger partial charge in [-0.05, 0) is 24.3 Å². The van der Waals surface area contributed by atoms with Crippen LogP contribution in [0.4, 0.5) is 18.9 Å². The lowest BCUT2D eigenvalue weighted by Gasteiger charge is -2.14. The number of benzene rings is 1. The highest BCUT2D eigenvalue weighted by atomic mass is 19.4. The van der Waals surface area contributed by atoms with Gasteiger partial charge in [0, 0.05) is 11.9 Å². The molecule has 2 rings (SSSR count). The third kappa shape index (κ3) is 2.80. The minimum absolute atomic E-state index is 0.0311. The number of hydrogen-bond donors (Lipinski definition) is 1. The fraction of sp³-hybridized carbons (Fsp3) is 0.0769. The zero-order chi connectivity index (χ0) is 14.8. The summed E-state index contributed by atoms with van der Waals surface area (Å²) in [5.41, 5.74) is 4.40. The molecule has 2 aromatic rings. The van der Waals surface area contributed by atoms with Crippen molar-refractivity contribution in [3.8, 4) is 17.6 Å². The molecule has 0 aliphatic carbocycles. The smallest absolute Gasteiger partial charge is 0.420 e. The van der Waals surface area contributed by atoms with Crippen molar-refractivity contribution < 1.29 is 17.9 Å². The fourth-order valence-electron chi connectivity index (χ4n) is 1.53. The Morgan fingerprint density at radius 3 is 2.60 bits per heavy atom. The molecule has 0 saturated carbocycles. The van der Waals surface area contributed by atoms with Gasteiger partial charge in [-0.1, -0.05) is 0 Å². The lowest BCUT2D eigenvalue weighted by molar-refractivity contribution is -0.138. The standard InChI is InChI=1S/C13H8F3N3O/c14-13(15,16)10-5-9(18)1-2-11(10)20-12-7-19-4-3-8(12)6-17/h1-5,7H,18H2. The van der Waals surface area contributed by atoms with Crippen molar-refractivity contribution in [2.24, 2.45) is 0 Å². The van der Waals surface area contributed by atoms with Crippen molar-refractivity contribution in [2.75, 3.05) is 5.73 Å². The Bertz CT molecular complexity index is 677. The van der Waals surface area contributed by atoms with Crippen molar-refractivity contribution >= 4 is 5.69 Å². The zero-order valence-electron chi connectivity index (χ0n) is 9.98. The van der Waals surface area contributed by atoms with Gasteiger partial charge in [0.1, 0.15) is 17.4 Å². The molecular formula is C13H8F3N3O. The second-order valence-electron chi connectivity index (χ2n) is 3.84. The van der Waals surface area contributed by atoms with Gasteiger partial charge in [-0.3, -0.25) is 4.98 Å². The molecule has 0 saturated heterocycles. The van der Waals surface area contributed by atoms with Crippen LogP contribution in [0, 0.1) is 11.3 Å². The van der Waals surface area contributed by atoms with E-state index in [1.165, 1.54) is 24.5 Å². The van der Waals surface area contributed by atoms with Crippen molar-refractivity contribution in [3.05, 3.63) is 47.8 Å². The first kappa shape index (κ1) is 13.7. The average Bonchev–Trinajstić information content (AvgIpc) is 2.40. The molecule has 20 heavy (non-hydrogen) atoms. The van der Waals surface area contributed by atoms with Gasteiger partial charge >= 0.3 is 6.18 Å². The average molecular weight is 279 g/mol. The zero-order valence-corrected chi connectivity index (χ0v) is 9.98. The summed E-state index contributed by atoms with van der Waals surface area (Å²) < 4.78 is 43.8. The number of aromatic nitrogens is 1. The summed E-state index contributed by atoms with van der Waals surface area (Å²) in [6, 6.07) is 6.33. The van der Waals surface area contributed by atoms with E-state index in [1.807, 2.05) is 6.07 Å². The molecule has 1 aromatic carbocycles. The maximum atomic E-state index is 12.9. The molecule has 2 N–H and O–H groups in total. The molecule has 102 valence electrons. The van der Waals surface area contributed by atoms with Gasteiger partial charge in [0.15, 0.2) is 5.75 Å². The predicted octanol–water partition coefficient (Wildman–Crippen LogP) is 3.35. The normalized spacial score (nSPS) is 10.9. The van der Waals surface area contributed by atoms with Crippen LogP contribution in [-0.4, -0.2) is 4.98 Å². The highest BCUT2D eigenvalue weighted by molar-refractivity contribution is 5.51. The molecule has 7 heteroatoms. The van der Waals surface area contributed by atoms with E-state index >= 15 is 0 Å². The van der Waals surface area contributed by atoms with Crippen LogP contribution in [0.1, 0.15) is 11.1 Å². The Labute approximate surface area is 112 Å². The molecule has 0 aliphatic rings. The molecule has 1 aromatic heterocycles. The lowest BCUT2D eigenvalue weighted by Crippen LogP contribution is -2.08. The molecule has 0 amide bonds. The van der Waals surface area contributed by atoms with Crippen LogP contribution in [0.25, 0.3) is 0 Å². The van der Waals surface area contributed by atoms with E-state index in [-0.39, 0.29) is 17.0 Å². The molecule has 0 unspecified atom stereocenters. The SMILES string of the molecule is N#Cc1ccncc1Oc1ccc(N)cc1C(F)(F)F. The van der Waals surface area contributed by atoms with E-state index in [9.17, 15) is 13.2 Å². The Morgan fingerprint density at radius 2 is 1.95 bits per heavy atom. The van der Waals surface area contributed by atoms with Gasteiger partial charge in [0.2, 0.25) is 0 Å². The molecular weight excluding hydrogens is 271 g/mol. The number of ether oxygens (including phenoxy) is 1. The third-order valence-corrected chi connectivity index (χ3v) is 2.43. The molecule has 1 heterocycles. The molecule has 0 aliphatic heterocycles. The summed E-state index contributed by atoms with van der Waals surface area (Å²) in [6.45, 7) is 0. The first-order valence-electron chi connectivity index (χ1n) is 5.40. The van der Waals surface area contributed by atoms with Gasteiger partial charge < -0.3 is 10.5 Å². The van der Waals surface area contributed by atoms with Gasteiger partial charge in [0.05, 0.1) is 11.8 Å². The van der Waals surface area contributed by atoms with Crippen LogP contribution in [0.15, 0.2) is 36.7 Å². The fourth-order valence-corrected chi connectivity index (χ4v) is 1.53. The van der Waals surface area contributed by atoms with Gasteiger partial charge in [-0.15, -0.1) is 0 Å². The van der Waals surface area contributed by atoms with Crippen LogP contribution in [-0.2, 0) is 6.18 Å². The number of nitrogen functional groups attached to an aromatic ring is 1. The molecule has 0 fully saturated rings. The number of nitrogens with two attached hydrogens (primary N) is 1. The van der Waals surface area contributed by atoms with Gasteiger partial charge in [-0.2, -0.15) is 18.4 Å². The van der Waals surface area contributed by atoms with E-state index in [4.69, 9.17) is 15.7 Å². The predicted molar refractivity (Wildman–Crippen MR) is 64.9 cm³/mol. The first-order chi connectivity index (χ1) is 9.41. The quantitative estimate of drug-likeness (QED) is 0.856. The van der Waals surface area contributed by atoms with E-state index in [1.54, 1.807) is 0 Å². The second kappa shape index (κ2) is 5.09. The minimum atomic E-state index is -4.61. The number of pyridine rings is 1. The van der Waals surface area contributed by atoms with Crippen LogP contribution < -0.4 is 10.5 Å². The van der Waals surface area contributed by atoms with Gasteiger partial charge in [0.25, 0.3) is 0 Å². The third-order valence-electron chi connectivity index (χ3n) is 2.43. The Kier molecular flexibility index (Phi) is 3.48. The van der Waals surface area contributed by atoms with Crippen LogP contribution >= 0.6 is 0 Å². The minimum Gasteiger partial charge on any atom is -0.454 e. The van der Waals surface area contributed by atoms with E-state index in [0.29, 0.717) is 0 Å². The number of halogens is 3. The monoisotopic (exact) mass is 279 g/mol. The summed E-state index contributed by atoms with van der Waals surface area (Å²) in [5.74, 6) is -0.485. The topological polar surface area (TPSA) is 71.9 Å². The number of alkyl halides is 3. The maximum absolute atomic E-state index is 12.9. The lowest BCUT2D eigenvalue weighted by atomic mass is 10.1. The number of nitriles is 1. The summed E-state index contributed by atoms with van der Waals surface area (Å²) in [5, 5.41) is 8.87. The van der Waals surface area contributed by atoms with Gasteiger partial charge in [-0.25, -0.2) is 0 Å². The highest BCUT2D eigenvalue weighted by Gasteiger charge is 2.35. The number of anilines is 1. The molecule has 4 nitrogen and oxygen atoms in total. The van der Waals surface area contributed by atoms with Crippen LogP contribution in [0.3, 0.4) is 0 Å². The van der Waals surface area contributed by atoms with Crippen molar-refractivity contribution in [3.63, 3.8) is 0 Å². The molecule has 0 atom stereocenters. The Morgan fingerprint density at radius 1 is 1.20 bits per heavy atom. The van der Waals surface area contributed by atoms with Crippen LogP contribution in [0.5, 0.6) is 11.5 Å². The number of nitrogens with zero attached hydrogens (tertiary/aromatic N) is 2. The number of rotatable bonds is 2. The van der Waals surface area contributed by atoms with Crippen LogP contribution in [0.2, 0.25) is 0 Å². The second-order valence-corrected chi connectivity index (χ2v) is 3.84. The summed E-state index contributed by atoms with van der Waals surface area (Å²) >= 11 is 0. The Balaban J connectivity index is 2.47. The molecule has 0 bridgehead atoms. The van der Waals surface area contributed by atoms with Crippen molar-refractivity contribution in [1.29, 1.82) is 5.26 Å².